The van der Waals surface area contributed by atoms with Gasteiger partial charge in [0.05, 0.1) is 12.2 Å². The third kappa shape index (κ3) is 5.75. The number of hydrogen-bond acceptors (Lipinski definition) is 3. The molecule has 1 amide bonds. The molecule has 1 aliphatic rings. The van der Waals surface area contributed by atoms with Crippen molar-refractivity contribution in [3.63, 3.8) is 0 Å². The molecule has 0 aliphatic heterocycles. The minimum Gasteiger partial charge on any atom is -0.353 e. The van der Waals surface area contributed by atoms with Crippen LogP contribution in [0, 0.1) is 5.92 Å². The van der Waals surface area contributed by atoms with Gasteiger partial charge in [-0.2, -0.15) is 0 Å². The van der Waals surface area contributed by atoms with Gasteiger partial charge in [-0.1, -0.05) is 26.0 Å². The van der Waals surface area contributed by atoms with Gasteiger partial charge >= 0.3 is 0 Å². The Hall–Kier alpha value is -1.56. The van der Waals surface area contributed by atoms with Crippen LogP contribution in [0.15, 0.2) is 24.3 Å². The number of benzene rings is 1. The van der Waals surface area contributed by atoms with Gasteiger partial charge in [0.2, 0.25) is 15.9 Å². The van der Waals surface area contributed by atoms with E-state index in [4.69, 9.17) is 0 Å². The topological polar surface area (TPSA) is 75.3 Å². The highest BCUT2D eigenvalue weighted by Gasteiger charge is 2.23. The van der Waals surface area contributed by atoms with E-state index in [1.807, 2.05) is 13.8 Å². The fourth-order valence-electron chi connectivity index (χ4n) is 2.04. The average molecular weight is 310 g/mol. The van der Waals surface area contributed by atoms with Gasteiger partial charge in [-0.15, -0.1) is 0 Å². The van der Waals surface area contributed by atoms with E-state index in [1.165, 1.54) is 0 Å². The molecule has 0 atom stereocenters. The van der Waals surface area contributed by atoms with Crippen molar-refractivity contribution in [1.29, 1.82) is 0 Å². The maximum Gasteiger partial charge on any atom is 0.232 e. The first kappa shape index (κ1) is 15.8. The van der Waals surface area contributed by atoms with Crippen LogP contribution in [0.1, 0.15) is 32.3 Å². The molecule has 0 radical (unpaired) electrons. The van der Waals surface area contributed by atoms with Crippen molar-refractivity contribution < 1.29 is 13.2 Å². The van der Waals surface area contributed by atoms with Gasteiger partial charge in [0.25, 0.3) is 0 Å². The Morgan fingerprint density at radius 1 is 1.24 bits per heavy atom. The predicted molar refractivity (Wildman–Crippen MR) is 83.6 cm³/mol. The minimum absolute atomic E-state index is 0.0191. The van der Waals surface area contributed by atoms with Crippen LogP contribution in [0.3, 0.4) is 0 Å². The zero-order chi connectivity index (χ0) is 15.5. The summed E-state index contributed by atoms with van der Waals surface area (Å²) in [5.74, 6) is 0.192. The molecule has 0 bridgehead atoms. The molecule has 1 aromatic carbocycles. The third-order valence-electron chi connectivity index (χ3n) is 3.09. The number of hydrogen-bond donors (Lipinski definition) is 2. The first-order valence-corrected chi connectivity index (χ1v) is 8.88. The van der Waals surface area contributed by atoms with E-state index in [1.54, 1.807) is 24.3 Å². The van der Waals surface area contributed by atoms with Gasteiger partial charge in [-0.05, 0) is 36.5 Å². The van der Waals surface area contributed by atoms with Crippen LogP contribution in [-0.4, -0.2) is 26.1 Å². The molecule has 6 heteroatoms. The molecule has 0 heterocycles. The van der Waals surface area contributed by atoms with Crippen LogP contribution >= 0.6 is 0 Å². The quantitative estimate of drug-likeness (QED) is 0.808. The number of amides is 1. The van der Waals surface area contributed by atoms with Crippen molar-refractivity contribution in [2.75, 3.05) is 10.5 Å². The van der Waals surface area contributed by atoms with Crippen molar-refractivity contribution in [2.45, 2.75) is 39.2 Å². The number of anilines is 1. The van der Waals surface area contributed by atoms with Crippen LogP contribution in [0.2, 0.25) is 0 Å². The summed E-state index contributed by atoms with van der Waals surface area (Å²) in [5, 5.41) is 2.93. The molecule has 1 saturated carbocycles. The number of rotatable bonds is 7. The van der Waals surface area contributed by atoms with E-state index in [9.17, 15) is 13.2 Å². The van der Waals surface area contributed by atoms with Crippen molar-refractivity contribution in [3.8, 4) is 0 Å². The van der Waals surface area contributed by atoms with Gasteiger partial charge in [-0.3, -0.25) is 9.52 Å². The van der Waals surface area contributed by atoms with Crippen molar-refractivity contribution >= 4 is 21.6 Å². The average Bonchev–Trinajstić information content (AvgIpc) is 3.13. The normalized spacial score (nSPS) is 15.0. The largest absolute Gasteiger partial charge is 0.353 e. The summed E-state index contributed by atoms with van der Waals surface area (Å²) >= 11 is 0. The lowest BCUT2D eigenvalue weighted by atomic mass is 10.1. The number of carbonyl (C=O) groups is 1. The van der Waals surface area contributed by atoms with E-state index in [0.29, 0.717) is 18.2 Å². The van der Waals surface area contributed by atoms with Crippen LogP contribution in [0.5, 0.6) is 0 Å². The lowest BCUT2D eigenvalue weighted by Crippen LogP contribution is -2.26. The Balaban J connectivity index is 1.90. The monoisotopic (exact) mass is 310 g/mol. The maximum absolute atomic E-state index is 11.8. The predicted octanol–water partition coefficient (Wildman–Crippen LogP) is 1.91. The highest BCUT2D eigenvalue weighted by Crippen LogP contribution is 2.19. The van der Waals surface area contributed by atoms with Gasteiger partial charge in [0.15, 0.2) is 0 Å². The zero-order valence-electron chi connectivity index (χ0n) is 12.4. The lowest BCUT2D eigenvalue weighted by molar-refractivity contribution is -0.120. The van der Waals surface area contributed by atoms with E-state index < -0.39 is 10.0 Å². The molecule has 2 N–H and O–H groups in total. The SMILES string of the molecule is CC(C)CS(=O)(=O)Nc1ccc(CC(=O)NC2CC2)cc1. The van der Waals surface area contributed by atoms with Crippen LogP contribution in [0.4, 0.5) is 5.69 Å². The van der Waals surface area contributed by atoms with E-state index in [0.717, 1.165) is 18.4 Å². The summed E-state index contributed by atoms with van der Waals surface area (Å²) < 4.78 is 26.2. The van der Waals surface area contributed by atoms with Gasteiger partial charge < -0.3 is 5.32 Å². The van der Waals surface area contributed by atoms with E-state index in [2.05, 4.69) is 10.0 Å². The molecule has 1 aliphatic carbocycles. The molecule has 116 valence electrons. The first-order valence-electron chi connectivity index (χ1n) is 7.23. The third-order valence-corrected chi connectivity index (χ3v) is 4.74. The molecule has 0 spiro atoms. The summed E-state index contributed by atoms with van der Waals surface area (Å²) in [6, 6.07) is 7.30. The molecule has 1 fully saturated rings. The maximum atomic E-state index is 11.8. The summed E-state index contributed by atoms with van der Waals surface area (Å²) in [5.41, 5.74) is 1.40. The zero-order valence-corrected chi connectivity index (χ0v) is 13.2. The van der Waals surface area contributed by atoms with Gasteiger partial charge in [-0.25, -0.2) is 8.42 Å². The second kappa shape index (κ2) is 6.47. The van der Waals surface area contributed by atoms with E-state index >= 15 is 0 Å². The second-order valence-electron chi connectivity index (χ2n) is 5.99. The molecule has 0 saturated heterocycles. The highest BCUT2D eigenvalue weighted by molar-refractivity contribution is 7.92. The van der Waals surface area contributed by atoms with Gasteiger partial charge in [0, 0.05) is 11.7 Å². The Bertz CT molecular complexity index is 590. The molecule has 2 rings (SSSR count). The molecular weight excluding hydrogens is 288 g/mol. The summed E-state index contributed by atoms with van der Waals surface area (Å²) in [6.07, 6.45) is 2.47. The lowest BCUT2D eigenvalue weighted by Gasteiger charge is -2.10. The smallest absolute Gasteiger partial charge is 0.232 e. The van der Waals surface area contributed by atoms with Crippen molar-refractivity contribution in [1.82, 2.24) is 5.32 Å². The Morgan fingerprint density at radius 3 is 2.38 bits per heavy atom. The number of sulfonamides is 1. The van der Waals surface area contributed by atoms with E-state index in [-0.39, 0.29) is 17.6 Å². The minimum atomic E-state index is -3.31. The Labute approximate surface area is 126 Å². The standard InChI is InChI=1S/C15H22N2O3S/c1-11(2)10-21(19,20)17-14-5-3-12(4-6-14)9-15(18)16-13-7-8-13/h3-6,11,13,17H,7-10H2,1-2H3,(H,16,18). The molecule has 0 unspecified atom stereocenters. The molecular formula is C15H22N2O3S. The molecule has 0 aromatic heterocycles. The molecule has 21 heavy (non-hydrogen) atoms. The van der Waals surface area contributed by atoms with Crippen molar-refractivity contribution in [2.24, 2.45) is 5.92 Å². The summed E-state index contributed by atoms with van der Waals surface area (Å²) in [6.45, 7) is 3.72. The Morgan fingerprint density at radius 2 is 1.86 bits per heavy atom. The first-order chi connectivity index (χ1) is 9.84. The molecule has 5 nitrogen and oxygen atoms in total. The van der Waals surface area contributed by atoms with Crippen LogP contribution in [0.25, 0.3) is 0 Å². The second-order valence-corrected chi connectivity index (χ2v) is 7.76. The van der Waals surface area contributed by atoms with Crippen molar-refractivity contribution in [3.05, 3.63) is 29.8 Å². The summed E-state index contributed by atoms with van der Waals surface area (Å²) in [7, 11) is -3.31. The Kier molecular flexibility index (Phi) is 4.88. The van der Waals surface area contributed by atoms with Gasteiger partial charge in [0.1, 0.15) is 0 Å². The van der Waals surface area contributed by atoms with Crippen LogP contribution < -0.4 is 10.0 Å². The number of nitrogens with one attached hydrogen (secondary N) is 2. The highest BCUT2D eigenvalue weighted by atomic mass is 32.2. The fourth-order valence-corrected chi connectivity index (χ4v) is 3.50. The fraction of sp³-hybridized carbons (Fsp3) is 0.533. The van der Waals surface area contributed by atoms with Crippen LogP contribution in [-0.2, 0) is 21.2 Å². The molecule has 1 aromatic rings. The summed E-state index contributed by atoms with van der Waals surface area (Å²) in [4.78, 5) is 11.7. The number of carbonyl (C=O) groups excluding carboxylic acids is 1.